The fraction of sp³-hybridized carbons (Fsp3) is 1.00. The molecule has 112 valence electrons. The van der Waals surface area contributed by atoms with E-state index in [1.54, 1.807) is 0 Å². The number of morpholine rings is 1. The fourth-order valence-corrected chi connectivity index (χ4v) is 3.71. The maximum Gasteiger partial charge on any atom is 0.0858 e. The molecule has 0 bridgehead atoms. The monoisotopic (exact) mass is 268 g/mol. The van der Waals surface area contributed by atoms with E-state index in [0.29, 0.717) is 18.2 Å². The molecule has 3 heteroatoms. The number of hydrogen-bond acceptors (Lipinski definition) is 3. The SMILES string of the molecule is CCNC(C1CCCCC1)C1CN(C(C)C)CCO1. The molecule has 2 unspecified atom stereocenters. The van der Waals surface area contributed by atoms with Crippen LogP contribution >= 0.6 is 0 Å². The van der Waals surface area contributed by atoms with Gasteiger partial charge in [0.2, 0.25) is 0 Å². The minimum absolute atomic E-state index is 0.388. The molecule has 0 aromatic carbocycles. The van der Waals surface area contributed by atoms with Gasteiger partial charge in [-0.05, 0) is 39.2 Å². The minimum atomic E-state index is 0.388. The fourth-order valence-electron chi connectivity index (χ4n) is 3.71. The number of nitrogens with one attached hydrogen (secondary N) is 1. The number of nitrogens with zero attached hydrogens (tertiary/aromatic N) is 1. The molecule has 2 fully saturated rings. The van der Waals surface area contributed by atoms with Crippen LogP contribution in [0.1, 0.15) is 52.9 Å². The summed E-state index contributed by atoms with van der Waals surface area (Å²) in [6.07, 6.45) is 7.41. The molecule has 1 aliphatic heterocycles. The van der Waals surface area contributed by atoms with Gasteiger partial charge in [-0.15, -0.1) is 0 Å². The van der Waals surface area contributed by atoms with Gasteiger partial charge in [0.05, 0.1) is 12.7 Å². The lowest BCUT2D eigenvalue weighted by molar-refractivity contribution is -0.0670. The molecule has 3 nitrogen and oxygen atoms in total. The van der Waals surface area contributed by atoms with E-state index in [4.69, 9.17) is 4.74 Å². The summed E-state index contributed by atoms with van der Waals surface area (Å²) >= 11 is 0. The summed E-state index contributed by atoms with van der Waals surface area (Å²) in [4.78, 5) is 2.57. The van der Waals surface area contributed by atoms with E-state index >= 15 is 0 Å². The van der Waals surface area contributed by atoms with Crippen LogP contribution in [-0.2, 0) is 4.74 Å². The minimum Gasteiger partial charge on any atom is -0.374 e. The Morgan fingerprint density at radius 3 is 2.58 bits per heavy atom. The van der Waals surface area contributed by atoms with Gasteiger partial charge in [-0.3, -0.25) is 4.90 Å². The smallest absolute Gasteiger partial charge is 0.0858 e. The zero-order chi connectivity index (χ0) is 13.7. The third kappa shape index (κ3) is 4.17. The van der Waals surface area contributed by atoms with Gasteiger partial charge in [-0.2, -0.15) is 0 Å². The van der Waals surface area contributed by atoms with Crippen LogP contribution in [0.5, 0.6) is 0 Å². The van der Waals surface area contributed by atoms with E-state index in [2.05, 4.69) is 31.0 Å². The average molecular weight is 268 g/mol. The van der Waals surface area contributed by atoms with Crippen LogP contribution in [0.3, 0.4) is 0 Å². The molecule has 0 aromatic rings. The van der Waals surface area contributed by atoms with E-state index in [-0.39, 0.29) is 0 Å². The van der Waals surface area contributed by atoms with E-state index in [9.17, 15) is 0 Å². The van der Waals surface area contributed by atoms with Crippen LogP contribution in [0.2, 0.25) is 0 Å². The topological polar surface area (TPSA) is 24.5 Å². The number of likely N-dealkylation sites (N-methyl/N-ethyl adjacent to an activating group) is 1. The highest BCUT2D eigenvalue weighted by atomic mass is 16.5. The molecule has 19 heavy (non-hydrogen) atoms. The molecular weight excluding hydrogens is 236 g/mol. The lowest BCUT2D eigenvalue weighted by Crippen LogP contribution is -2.56. The maximum atomic E-state index is 6.12. The van der Waals surface area contributed by atoms with Crippen LogP contribution in [-0.4, -0.2) is 49.3 Å². The highest BCUT2D eigenvalue weighted by molar-refractivity contribution is 4.89. The van der Waals surface area contributed by atoms with E-state index < -0.39 is 0 Å². The van der Waals surface area contributed by atoms with Gasteiger partial charge in [-0.1, -0.05) is 26.2 Å². The lowest BCUT2D eigenvalue weighted by atomic mass is 9.81. The molecule has 0 radical (unpaired) electrons. The normalized spacial score (nSPS) is 28.7. The molecule has 2 aliphatic rings. The van der Waals surface area contributed by atoms with Gasteiger partial charge < -0.3 is 10.1 Å². The summed E-state index contributed by atoms with van der Waals surface area (Å²) in [6.45, 7) is 11.0. The molecule has 1 aliphatic carbocycles. The standard InChI is InChI=1S/C16H32N2O/c1-4-17-16(14-8-6-5-7-9-14)15-12-18(13(2)3)10-11-19-15/h13-17H,4-12H2,1-3H3. The predicted molar refractivity (Wildman–Crippen MR) is 80.5 cm³/mol. The molecule has 0 aromatic heterocycles. The van der Waals surface area contributed by atoms with Crippen molar-refractivity contribution in [2.45, 2.75) is 71.1 Å². The van der Waals surface area contributed by atoms with Crippen molar-refractivity contribution in [3.05, 3.63) is 0 Å². The van der Waals surface area contributed by atoms with E-state index in [1.807, 2.05) is 0 Å². The van der Waals surface area contributed by atoms with Gasteiger partial charge in [0, 0.05) is 25.2 Å². The first-order valence-corrected chi connectivity index (χ1v) is 8.31. The third-order valence-electron chi connectivity index (χ3n) is 4.85. The molecule has 2 atom stereocenters. The first kappa shape index (κ1) is 15.3. The first-order chi connectivity index (χ1) is 9.22. The van der Waals surface area contributed by atoms with Crippen LogP contribution in [0.15, 0.2) is 0 Å². The second kappa shape index (κ2) is 7.61. The van der Waals surface area contributed by atoms with Crippen LogP contribution in [0.25, 0.3) is 0 Å². The molecule has 2 rings (SSSR count). The van der Waals surface area contributed by atoms with Crippen molar-refractivity contribution in [3.63, 3.8) is 0 Å². The first-order valence-electron chi connectivity index (χ1n) is 8.31. The quantitative estimate of drug-likeness (QED) is 0.829. The van der Waals surface area contributed by atoms with Crippen molar-refractivity contribution in [1.82, 2.24) is 10.2 Å². The van der Waals surface area contributed by atoms with Crippen molar-refractivity contribution in [2.24, 2.45) is 5.92 Å². The van der Waals surface area contributed by atoms with E-state index in [0.717, 1.165) is 32.2 Å². The zero-order valence-electron chi connectivity index (χ0n) is 13.0. The zero-order valence-corrected chi connectivity index (χ0v) is 13.0. The molecule has 1 saturated heterocycles. The second-order valence-corrected chi connectivity index (χ2v) is 6.48. The summed E-state index contributed by atoms with van der Waals surface area (Å²) in [6, 6.07) is 1.20. The molecule has 1 saturated carbocycles. The van der Waals surface area contributed by atoms with Crippen molar-refractivity contribution in [2.75, 3.05) is 26.2 Å². The summed E-state index contributed by atoms with van der Waals surface area (Å²) in [7, 11) is 0. The molecule has 0 spiro atoms. The Balaban J connectivity index is 1.96. The summed E-state index contributed by atoms with van der Waals surface area (Å²) < 4.78 is 6.12. The van der Waals surface area contributed by atoms with Crippen LogP contribution < -0.4 is 5.32 Å². The van der Waals surface area contributed by atoms with Gasteiger partial charge in [-0.25, -0.2) is 0 Å². The highest BCUT2D eigenvalue weighted by Gasteiger charge is 2.34. The van der Waals surface area contributed by atoms with Crippen LogP contribution in [0, 0.1) is 5.92 Å². The highest BCUT2D eigenvalue weighted by Crippen LogP contribution is 2.29. The number of rotatable bonds is 5. The van der Waals surface area contributed by atoms with Crippen molar-refractivity contribution in [1.29, 1.82) is 0 Å². The van der Waals surface area contributed by atoms with Gasteiger partial charge >= 0.3 is 0 Å². The van der Waals surface area contributed by atoms with Crippen LogP contribution in [0.4, 0.5) is 0 Å². The van der Waals surface area contributed by atoms with Crippen molar-refractivity contribution >= 4 is 0 Å². The predicted octanol–water partition coefficient (Wildman–Crippen LogP) is 2.65. The Hall–Kier alpha value is -0.120. The van der Waals surface area contributed by atoms with Gasteiger partial charge in [0.25, 0.3) is 0 Å². The molecular formula is C16H32N2O. The Morgan fingerprint density at radius 2 is 1.95 bits per heavy atom. The average Bonchev–Trinajstić information content (AvgIpc) is 2.46. The lowest BCUT2D eigenvalue weighted by Gasteiger charge is -2.42. The Labute approximate surface area is 119 Å². The van der Waals surface area contributed by atoms with E-state index in [1.165, 1.54) is 32.1 Å². The Kier molecular flexibility index (Phi) is 6.11. The summed E-state index contributed by atoms with van der Waals surface area (Å²) in [5, 5.41) is 3.73. The number of ether oxygens (including phenoxy) is 1. The second-order valence-electron chi connectivity index (χ2n) is 6.48. The summed E-state index contributed by atoms with van der Waals surface area (Å²) in [5.74, 6) is 0.825. The third-order valence-corrected chi connectivity index (χ3v) is 4.85. The number of hydrogen-bond donors (Lipinski definition) is 1. The van der Waals surface area contributed by atoms with Gasteiger partial charge in [0.1, 0.15) is 0 Å². The Bertz CT molecular complexity index is 251. The molecule has 0 amide bonds. The molecule has 1 N–H and O–H groups in total. The van der Waals surface area contributed by atoms with Crippen molar-refractivity contribution < 1.29 is 4.74 Å². The molecule has 1 heterocycles. The summed E-state index contributed by atoms with van der Waals surface area (Å²) in [5.41, 5.74) is 0. The largest absolute Gasteiger partial charge is 0.374 e. The maximum absolute atomic E-state index is 6.12. The Morgan fingerprint density at radius 1 is 1.21 bits per heavy atom. The van der Waals surface area contributed by atoms with Gasteiger partial charge in [0.15, 0.2) is 0 Å². The van der Waals surface area contributed by atoms with Crippen molar-refractivity contribution in [3.8, 4) is 0 Å².